The van der Waals surface area contributed by atoms with Crippen molar-refractivity contribution in [1.29, 1.82) is 0 Å². The van der Waals surface area contributed by atoms with Crippen LogP contribution in [0.4, 0.5) is 0 Å². The molecule has 1 fully saturated rings. The predicted molar refractivity (Wildman–Crippen MR) is 65.1 cm³/mol. The number of nitrogens with one attached hydrogen (secondary N) is 1. The van der Waals surface area contributed by atoms with E-state index in [9.17, 15) is 0 Å². The second kappa shape index (κ2) is 6.17. The van der Waals surface area contributed by atoms with Crippen molar-refractivity contribution in [1.82, 2.24) is 10.2 Å². The largest absolute Gasteiger partial charge is 0.357 e. The smallest absolute Gasteiger partial charge is 0.193 e. The van der Waals surface area contributed by atoms with E-state index in [0.717, 1.165) is 24.3 Å². The van der Waals surface area contributed by atoms with Crippen LogP contribution in [-0.4, -0.2) is 49.0 Å². The normalized spacial score (nSPS) is 22.5. The van der Waals surface area contributed by atoms with Gasteiger partial charge in [-0.1, -0.05) is 0 Å². The molecule has 0 bridgehead atoms. The fourth-order valence-corrected chi connectivity index (χ4v) is 2.67. The fraction of sp³-hybridized carbons (Fsp3) is 0.900. The van der Waals surface area contributed by atoms with Gasteiger partial charge in [0.15, 0.2) is 5.96 Å². The Morgan fingerprint density at radius 1 is 1.57 bits per heavy atom. The van der Waals surface area contributed by atoms with Gasteiger partial charge in [-0.3, -0.25) is 4.99 Å². The first-order chi connectivity index (χ1) is 6.74. The highest BCUT2D eigenvalue weighted by Gasteiger charge is 2.15. The molecule has 0 aliphatic carbocycles. The number of aliphatic imine (C=N–C) groups is 1. The molecule has 0 aromatic heterocycles. The molecule has 1 heterocycles. The Hall–Kier alpha value is -0.380. The summed E-state index contributed by atoms with van der Waals surface area (Å²) in [4.78, 5) is 6.65. The Labute approximate surface area is 91.3 Å². The van der Waals surface area contributed by atoms with Gasteiger partial charge < -0.3 is 10.2 Å². The molecule has 1 aliphatic heterocycles. The summed E-state index contributed by atoms with van der Waals surface area (Å²) < 4.78 is 0. The topological polar surface area (TPSA) is 27.6 Å². The summed E-state index contributed by atoms with van der Waals surface area (Å²) >= 11 is 2.06. The van der Waals surface area contributed by atoms with Crippen LogP contribution in [0.15, 0.2) is 4.99 Å². The molecule has 1 aliphatic rings. The fourth-order valence-electron chi connectivity index (χ4n) is 1.49. The molecule has 0 radical (unpaired) electrons. The minimum Gasteiger partial charge on any atom is -0.357 e. The van der Waals surface area contributed by atoms with Gasteiger partial charge in [0.2, 0.25) is 0 Å². The van der Waals surface area contributed by atoms with E-state index in [1.165, 1.54) is 18.6 Å². The Morgan fingerprint density at radius 3 is 2.86 bits per heavy atom. The van der Waals surface area contributed by atoms with Gasteiger partial charge in [0, 0.05) is 25.9 Å². The molecule has 0 amide bonds. The quantitative estimate of drug-likeness (QED) is 0.570. The van der Waals surface area contributed by atoms with Gasteiger partial charge in [0.25, 0.3) is 0 Å². The van der Waals surface area contributed by atoms with Gasteiger partial charge >= 0.3 is 0 Å². The van der Waals surface area contributed by atoms with E-state index in [1.54, 1.807) is 0 Å². The summed E-state index contributed by atoms with van der Waals surface area (Å²) in [5.41, 5.74) is 0. The van der Waals surface area contributed by atoms with Gasteiger partial charge in [0.05, 0.1) is 6.54 Å². The summed E-state index contributed by atoms with van der Waals surface area (Å²) in [5, 5.41) is 4.03. The molecule has 14 heavy (non-hydrogen) atoms. The molecule has 3 nitrogen and oxygen atoms in total. The van der Waals surface area contributed by atoms with Crippen molar-refractivity contribution in [3.63, 3.8) is 0 Å². The molecule has 1 N–H and O–H groups in total. The molecule has 1 saturated heterocycles. The SMILES string of the molecule is CCNC(=NCC1CCCS1)N(C)C. The zero-order valence-electron chi connectivity index (χ0n) is 9.42. The van der Waals surface area contributed by atoms with Gasteiger partial charge in [-0.15, -0.1) is 0 Å². The van der Waals surface area contributed by atoms with Gasteiger partial charge in [0.1, 0.15) is 0 Å². The van der Waals surface area contributed by atoms with E-state index >= 15 is 0 Å². The lowest BCUT2D eigenvalue weighted by Crippen LogP contribution is -2.36. The third-order valence-electron chi connectivity index (χ3n) is 2.23. The number of nitrogens with zero attached hydrogens (tertiary/aromatic N) is 2. The van der Waals surface area contributed by atoms with Crippen molar-refractivity contribution in [3.05, 3.63) is 0 Å². The standard InChI is InChI=1S/C10H21N3S/c1-4-11-10(13(2)3)12-8-9-6-5-7-14-9/h9H,4-8H2,1-3H3,(H,11,12). The lowest BCUT2D eigenvalue weighted by atomic mass is 10.2. The molecule has 1 unspecified atom stereocenters. The third kappa shape index (κ3) is 3.78. The molecular formula is C10H21N3S. The molecule has 0 spiro atoms. The van der Waals surface area contributed by atoms with Crippen LogP contribution < -0.4 is 5.32 Å². The van der Waals surface area contributed by atoms with Crippen molar-refractivity contribution in [3.8, 4) is 0 Å². The van der Waals surface area contributed by atoms with Crippen LogP contribution in [0, 0.1) is 0 Å². The van der Waals surface area contributed by atoms with E-state index in [-0.39, 0.29) is 0 Å². The van der Waals surface area contributed by atoms with Crippen LogP contribution in [0.1, 0.15) is 19.8 Å². The molecule has 0 aromatic carbocycles. The van der Waals surface area contributed by atoms with Crippen molar-refractivity contribution in [2.45, 2.75) is 25.0 Å². The summed E-state index contributed by atoms with van der Waals surface area (Å²) in [5.74, 6) is 2.33. The van der Waals surface area contributed by atoms with Crippen molar-refractivity contribution in [2.24, 2.45) is 4.99 Å². The molecular weight excluding hydrogens is 194 g/mol. The third-order valence-corrected chi connectivity index (χ3v) is 3.61. The Bertz CT molecular complexity index is 186. The lowest BCUT2D eigenvalue weighted by Gasteiger charge is -2.17. The van der Waals surface area contributed by atoms with Crippen LogP contribution in [0.5, 0.6) is 0 Å². The Morgan fingerprint density at radius 2 is 2.36 bits per heavy atom. The molecule has 0 saturated carbocycles. The molecule has 0 aromatic rings. The van der Waals surface area contributed by atoms with Crippen LogP contribution >= 0.6 is 11.8 Å². The van der Waals surface area contributed by atoms with Crippen LogP contribution in [0.2, 0.25) is 0 Å². The van der Waals surface area contributed by atoms with E-state index in [4.69, 9.17) is 0 Å². The maximum atomic E-state index is 4.61. The van der Waals surface area contributed by atoms with Crippen molar-refractivity contribution >= 4 is 17.7 Å². The molecule has 4 heteroatoms. The predicted octanol–water partition coefficient (Wildman–Crippen LogP) is 1.41. The lowest BCUT2D eigenvalue weighted by molar-refractivity contribution is 0.582. The zero-order valence-corrected chi connectivity index (χ0v) is 10.2. The minimum atomic E-state index is 0.753. The summed E-state index contributed by atoms with van der Waals surface area (Å²) in [6.07, 6.45) is 2.70. The van der Waals surface area contributed by atoms with E-state index in [0.29, 0.717) is 0 Å². The maximum absolute atomic E-state index is 4.61. The maximum Gasteiger partial charge on any atom is 0.193 e. The number of hydrogen-bond acceptors (Lipinski definition) is 2. The summed E-state index contributed by atoms with van der Waals surface area (Å²) in [6, 6.07) is 0. The first-order valence-corrected chi connectivity index (χ1v) is 6.36. The second-order valence-electron chi connectivity index (χ2n) is 3.72. The average molecular weight is 215 g/mol. The van der Waals surface area contributed by atoms with Crippen molar-refractivity contribution in [2.75, 3.05) is 32.9 Å². The van der Waals surface area contributed by atoms with Crippen LogP contribution in [-0.2, 0) is 0 Å². The molecule has 1 rings (SSSR count). The number of rotatable bonds is 3. The molecule has 82 valence electrons. The highest BCUT2D eigenvalue weighted by molar-refractivity contribution is 8.00. The van der Waals surface area contributed by atoms with Gasteiger partial charge in [-0.2, -0.15) is 11.8 Å². The summed E-state index contributed by atoms with van der Waals surface area (Å²) in [6.45, 7) is 4.00. The van der Waals surface area contributed by atoms with Crippen LogP contribution in [0.25, 0.3) is 0 Å². The van der Waals surface area contributed by atoms with E-state index < -0.39 is 0 Å². The van der Waals surface area contributed by atoms with Gasteiger partial charge in [-0.25, -0.2) is 0 Å². The monoisotopic (exact) mass is 215 g/mol. The van der Waals surface area contributed by atoms with E-state index in [1.807, 2.05) is 19.0 Å². The highest BCUT2D eigenvalue weighted by atomic mass is 32.2. The summed E-state index contributed by atoms with van der Waals surface area (Å²) in [7, 11) is 4.06. The van der Waals surface area contributed by atoms with E-state index in [2.05, 4.69) is 29.0 Å². The van der Waals surface area contributed by atoms with Crippen molar-refractivity contribution < 1.29 is 0 Å². The molecule has 1 atom stereocenters. The highest BCUT2D eigenvalue weighted by Crippen LogP contribution is 2.25. The minimum absolute atomic E-state index is 0.753. The second-order valence-corrected chi connectivity index (χ2v) is 5.13. The number of guanidine groups is 1. The Balaban J connectivity index is 2.36. The first-order valence-electron chi connectivity index (χ1n) is 5.31. The van der Waals surface area contributed by atoms with Gasteiger partial charge in [-0.05, 0) is 25.5 Å². The number of thioether (sulfide) groups is 1. The average Bonchev–Trinajstić information content (AvgIpc) is 2.64. The van der Waals surface area contributed by atoms with Crippen LogP contribution in [0.3, 0.4) is 0 Å². The first kappa shape index (κ1) is 11.7. The zero-order chi connectivity index (χ0) is 10.4. The number of hydrogen-bond donors (Lipinski definition) is 1. The Kier molecular flexibility index (Phi) is 5.15.